The Kier molecular flexibility index (Phi) is 10.3. The van der Waals surface area contributed by atoms with Gasteiger partial charge in [0.15, 0.2) is 18.4 Å². The second kappa shape index (κ2) is 13.4. The number of hydrogen-bond donors (Lipinski definition) is 2. The van der Waals surface area contributed by atoms with Crippen LogP contribution in [0, 0.1) is 5.82 Å². The summed E-state index contributed by atoms with van der Waals surface area (Å²) in [6, 6.07) is -2.30. The predicted molar refractivity (Wildman–Crippen MR) is 141 cm³/mol. The molecule has 2 N–H and O–H groups in total. The molecule has 6 atom stereocenters. The summed E-state index contributed by atoms with van der Waals surface area (Å²) in [7, 11) is 0. The number of aromatic nitrogens is 2. The minimum atomic E-state index is -1.67. The van der Waals surface area contributed by atoms with Gasteiger partial charge in [-0.15, -0.1) is 0 Å². The molecule has 1 aromatic rings. The van der Waals surface area contributed by atoms with E-state index in [9.17, 15) is 38.0 Å². The zero-order valence-corrected chi connectivity index (χ0v) is 24.5. The minimum Gasteiger partial charge on any atom is -0.464 e. The van der Waals surface area contributed by atoms with Crippen molar-refractivity contribution in [3.63, 3.8) is 0 Å². The Morgan fingerprint density at radius 2 is 1.70 bits per heavy atom. The number of halogens is 1. The van der Waals surface area contributed by atoms with Gasteiger partial charge in [-0.3, -0.25) is 38.4 Å². The second-order valence-electron chi connectivity index (χ2n) is 11.0. The SMILES string of the molecule is CC(=O)OCC(NC(=O)C1CCCN1C(=O)OC(C)(C)C)C1OC(n2cc(F)c(=O)[nH]c2=O)C(OC(C)=O)C1OC(C)=O. The van der Waals surface area contributed by atoms with Crippen LogP contribution in [0.1, 0.15) is 60.6 Å². The zero-order valence-electron chi connectivity index (χ0n) is 24.5. The first-order valence-corrected chi connectivity index (χ1v) is 13.4. The number of likely N-dealkylation sites (tertiary alicyclic amines) is 1. The van der Waals surface area contributed by atoms with Crippen LogP contribution < -0.4 is 16.6 Å². The van der Waals surface area contributed by atoms with Gasteiger partial charge in [-0.2, -0.15) is 4.39 Å². The molecule has 0 spiro atoms. The quantitative estimate of drug-likeness (QED) is 0.291. The molecule has 3 rings (SSSR count). The van der Waals surface area contributed by atoms with Crippen molar-refractivity contribution >= 4 is 29.9 Å². The minimum absolute atomic E-state index is 0.231. The van der Waals surface area contributed by atoms with Crippen LogP contribution in [0.2, 0.25) is 0 Å². The summed E-state index contributed by atoms with van der Waals surface area (Å²) in [6.45, 7) is 7.87. The maximum Gasteiger partial charge on any atom is 0.410 e. The summed E-state index contributed by atoms with van der Waals surface area (Å²) in [5.41, 5.74) is -3.29. The Balaban J connectivity index is 2.01. The molecule has 1 aromatic heterocycles. The number of ether oxygens (including phenoxy) is 5. The number of carbonyl (C=O) groups excluding carboxylic acids is 5. The van der Waals surface area contributed by atoms with Crippen LogP contribution in [-0.4, -0.2) is 93.5 Å². The number of amides is 2. The van der Waals surface area contributed by atoms with E-state index in [1.54, 1.807) is 25.8 Å². The van der Waals surface area contributed by atoms with Gasteiger partial charge in [0.25, 0.3) is 5.56 Å². The van der Waals surface area contributed by atoms with Crippen LogP contribution in [0.5, 0.6) is 0 Å². The van der Waals surface area contributed by atoms with Gasteiger partial charge in [0.1, 0.15) is 24.4 Å². The van der Waals surface area contributed by atoms with E-state index in [0.29, 0.717) is 17.2 Å². The van der Waals surface area contributed by atoms with Gasteiger partial charge in [0.05, 0.1) is 12.2 Å². The standard InChI is InChI=1S/C26H35FN4O12/c1-12(32)39-11-16(28-22(36)17-8-7-9-30(17)25(38)43-26(4,5)6)18-19(40-13(2)33)20(41-14(3)34)23(42-18)31-10-15(27)21(35)29-24(31)37/h10,16-20,23H,7-9,11H2,1-6H3,(H,28,36)(H,29,35,37). The Bertz CT molecular complexity index is 1370. The molecule has 43 heavy (non-hydrogen) atoms. The molecule has 0 radical (unpaired) electrons. The summed E-state index contributed by atoms with van der Waals surface area (Å²) < 4.78 is 42.0. The fourth-order valence-electron chi connectivity index (χ4n) is 4.79. The normalized spacial score (nSPS) is 24.2. The van der Waals surface area contributed by atoms with Gasteiger partial charge < -0.3 is 29.0 Å². The highest BCUT2D eigenvalue weighted by Gasteiger charge is 2.54. The van der Waals surface area contributed by atoms with Crippen LogP contribution in [0.4, 0.5) is 9.18 Å². The van der Waals surface area contributed by atoms with Crippen LogP contribution in [0.15, 0.2) is 15.8 Å². The van der Waals surface area contributed by atoms with Crippen molar-refractivity contribution in [2.75, 3.05) is 13.2 Å². The smallest absolute Gasteiger partial charge is 0.410 e. The number of carbonyl (C=O) groups is 5. The Hall–Kier alpha value is -4.28. The van der Waals surface area contributed by atoms with Gasteiger partial charge in [-0.25, -0.2) is 9.59 Å². The topological polar surface area (TPSA) is 202 Å². The molecule has 2 aliphatic rings. The summed E-state index contributed by atoms with van der Waals surface area (Å²) in [5, 5.41) is 2.65. The lowest BCUT2D eigenvalue weighted by molar-refractivity contribution is -0.166. The van der Waals surface area contributed by atoms with E-state index in [-0.39, 0.29) is 13.0 Å². The van der Waals surface area contributed by atoms with E-state index in [0.717, 1.165) is 20.8 Å². The molecule has 0 saturated carbocycles. The molecule has 2 amide bonds. The van der Waals surface area contributed by atoms with E-state index in [4.69, 9.17) is 23.7 Å². The average molecular weight is 615 g/mol. The van der Waals surface area contributed by atoms with E-state index in [1.807, 2.05) is 0 Å². The molecule has 6 unspecified atom stereocenters. The van der Waals surface area contributed by atoms with Gasteiger partial charge in [-0.1, -0.05) is 0 Å². The van der Waals surface area contributed by atoms with Gasteiger partial charge in [-0.05, 0) is 33.6 Å². The molecular formula is C26H35FN4O12. The number of esters is 3. The van der Waals surface area contributed by atoms with Crippen LogP contribution >= 0.6 is 0 Å². The molecule has 2 saturated heterocycles. The molecule has 238 valence electrons. The Morgan fingerprint density at radius 3 is 2.28 bits per heavy atom. The first-order chi connectivity index (χ1) is 20.0. The predicted octanol–water partition coefficient (Wildman–Crippen LogP) is -0.116. The zero-order chi connectivity index (χ0) is 32.2. The molecule has 0 bridgehead atoms. The fourth-order valence-corrected chi connectivity index (χ4v) is 4.79. The molecule has 0 aliphatic carbocycles. The maximum atomic E-state index is 14.2. The number of rotatable bonds is 8. The average Bonchev–Trinajstić information content (AvgIpc) is 3.48. The molecule has 0 aromatic carbocycles. The van der Waals surface area contributed by atoms with E-state index < -0.39 is 95.8 Å². The number of nitrogens with one attached hydrogen (secondary N) is 2. The van der Waals surface area contributed by atoms with Crippen molar-refractivity contribution in [3.8, 4) is 0 Å². The number of aromatic amines is 1. The van der Waals surface area contributed by atoms with Crippen LogP contribution in [-0.2, 0) is 42.9 Å². The van der Waals surface area contributed by atoms with Gasteiger partial charge in [0, 0.05) is 27.3 Å². The van der Waals surface area contributed by atoms with E-state index in [2.05, 4.69) is 5.32 Å². The van der Waals surface area contributed by atoms with E-state index in [1.165, 1.54) is 4.90 Å². The van der Waals surface area contributed by atoms with Crippen molar-refractivity contribution in [1.29, 1.82) is 0 Å². The second-order valence-corrected chi connectivity index (χ2v) is 11.0. The number of nitrogens with zero attached hydrogens (tertiary/aromatic N) is 2. The van der Waals surface area contributed by atoms with Gasteiger partial charge in [0.2, 0.25) is 11.7 Å². The fraction of sp³-hybridized carbons (Fsp3) is 0.654. The van der Waals surface area contributed by atoms with Crippen molar-refractivity contribution in [2.24, 2.45) is 0 Å². The third-order valence-corrected chi connectivity index (χ3v) is 6.40. The van der Waals surface area contributed by atoms with Crippen molar-refractivity contribution in [1.82, 2.24) is 19.8 Å². The lowest BCUT2D eigenvalue weighted by atomic mass is 10.0. The highest BCUT2D eigenvalue weighted by molar-refractivity contribution is 5.86. The van der Waals surface area contributed by atoms with Crippen molar-refractivity contribution in [2.45, 2.75) is 96.6 Å². The summed E-state index contributed by atoms with van der Waals surface area (Å²) in [6.07, 6.45) is -5.68. The van der Waals surface area contributed by atoms with Crippen molar-refractivity contribution < 1.29 is 52.0 Å². The number of hydrogen-bond acceptors (Lipinski definition) is 12. The molecule has 17 heteroatoms. The molecular weight excluding hydrogens is 579 g/mol. The molecule has 2 fully saturated rings. The van der Waals surface area contributed by atoms with E-state index >= 15 is 0 Å². The van der Waals surface area contributed by atoms with Crippen LogP contribution in [0.25, 0.3) is 0 Å². The highest BCUT2D eigenvalue weighted by Crippen LogP contribution is 2.35. The maximum absolute atomic E-state index is 14.2. The molecule has 2 aliphatic heterocycles. The van der Waals surface area contributed by atoms with Crippen LogP contribution in [0.3, 0.4) is 0 Å². The third-order valence-electron chi connectivity index (χ3n) is 6.40. The summed E-state index contributed by atoms with van der Waals surface area (Å²) in [5.74, 6) is -4.57. The molecule has 16 nitrogen and oxygen atoms in total. The number of H-pyrrole nitrogens is 1. The first-order valence-electron chi connectivity index (χ1n) is 13.4. The highest BCUT2D eigenvalue weighted by atomic mass is 19.1. The monoisotopic (exact) mass is 614 g/mol. The van der Waals surface area contributed by atoms with Crippen molar-refractivity contribution in [3.05, 3.63) is 32.9 Å². The summed E-state index contributed by atoms with van der Waals surface area (Å²) >= 11 is 0. The lowest BCUT2D eigenvalue weighted by Crippen LogP contribution is -2.56. The molecule has 3 heterocycles. The Labute approximate surface area is 244 Å². The first kappa shape index (κ1) is 33.2. The lowest BCUT2D eigenvalue weighted by Gasteiger charge is -2.31. The third kappa shape index (κ3) is 8.39. The summed E-state index contributed by atoms with van der Waals surface area (Å²) in [4.78, 5) is 89.4. The Morgan fingerprint density at radius 1 is 1.07 bits per heavy atom. The largest absolute Gasteiger partial charge is 0.464 e. The van der Waals surface area contributed by atoms with Gasteiger partial charge >= 0.3 is 29.7 Å².